The van der Waals surface area contributed by atoms with Crippen LogP contribution in [-0.4, -0.2) is 12.1 Å². The van der Waals surface area contributed by atoms with E-state index in [1.54, 1.807) is 36.4 Å². The SMILES string of the molecule is O=C1CC(c2ccccc2)[C@@](c2ccccc2)(C(F)(F)F)O1. The zero-order valence-corrected chi connectivity index (χ0v) is 11.5. The van der Waals surface area contributed by atoms with Crippen LogP contribution in [-0.2, 0) is 15.1 Å². The van der Waals surface area contributed by atoms with Crippen molar-refractivity contribution in [3.63, 3.8) is 0 Å². The van der Waals surface area contributed by atoms with E-state index in [-0.39, 0.29) is 12.0 Å². The van der Waals surface area contributed by atoms with Gasteiger partial charge in [0.1, 0.15) is 0 Å². The Labute approximate surface area is 125 Å². The van der Waals surface area contributed by atoms with Gasteiger partial charge in [0.15, 0.2) is 0 Å². The number of carbonyl (C=O) groups excluding carboxylic acids is 1. The molecule has 1 unspecified atom stereocenters. The van der Waals surface area contributed by atoms with Crippen molar-refractivity contribution >= 4 is 5.97 Å². The van der Waals surface area contributed by atoms with Crippen LogP contribution in [0.15, 0.2) is 60.7 Å². The predicted molar refractivity (Wildman–Crippen MR) is 74.1 cm³/mol. The molecule has 0 aliphatic carbocycles. The second kappa shape index (κ2) is 5.16. The molecule has 2 atom stereocenters. The highest BCUT2D eigenvalue weighted by Gasteiger charge is 2.67. The lowest BCUT2D eigenvalue weighted by Crippen LogP contribution is -2.46. The molecular weight excluding hydrogens is 293 g/mol. The minimum atomic E-state index is -4.71. The number of alkyl halides is 3. The van der Waals surface area contributed by atoms with Crippen LogP contribution in [0.2, 0.25) is 0 Å². The Balaban J connectivity index is 2.21. The van der Waals surface area contributed by atoms with Crippen LogP contribution in [0.5, 0.6) is 0 Å². The molecule has 2 aromatic carbocycles. The van der Waals surface area contributed by atoms with E-state index in [1.165, 1.54) is 24.3 Å². The third kappa shape index (κ3) is 2.17. The maximum atomic E-state index is 13.9. The summed E-state index contributed by atoms with van der Waals surface area (Å²) >= 11 is 0. The summed E-state index contributed by atoms with van der Waals surface area (Å²) in [7, 11) is 0. The molecule has 5 heteroatoms. The minimum Gasteiger partial charge on any atom is -0.444 e. The molecular formula is C17H13F3O2. The van der Waals surface area contributed by atoms with Gasteiger partial charge in [-0.1, -0.05) is 60.7 Å². The van der Waals surface area contributed by atoms with Gasteiger partial charge in [-0.15, -0.1) is 0 Å². The second-order valence-corrected chi connectivity index (χ2v) is 5.24. The first kappa shape index (κ1) is 14.6. The van der Waals surface area contributed by atoms with Crippen molar-refractivity contribution in [2.24, 2.45) is 0 Å². The number of hydrogen-bond donors (Lipinski definition) is 0. The van der Waals surface area contributed by atoms with Crippen LogP contribution < -0.4 is 0 Å². The molecule has 0 bridgehead atoms. The van der Waals surface area contributed by atoms with Crippen LogP contribution in [0.3, 0.4) is 0 Å². The number of hydrogen-bond acceptors (Lipinski definition) is 2. The van der Waals surface area contributed by atoms with Gasteiger partial charge in [0, 0.05) is 11.5 Å². The minimum absolute atomic E-state index is 0.0535. The summed E-state index contributed by atoms with van der Waals surface area (Å²) in [4.78, 5) is 11.7. The topological polar surface area (TPSA) is 26.3 Å². The number of ether oxygens (including phenoxy) is 1. The molecule has 1 fully saturated rings. The van der Waals surface area contributed by atoms with E-state index < -0.39 is 23.7 Å². The summed E-state index contributed by atoms with van der Waals surface area (Å²) in [5.41, 5.74) is -2.25. The predicted octanol–water partition coefficient (Wildman–Crippen LogP) is 4.17. The van der Waals surface area contributed by atoms with E-state index in [9.17, 15) is 18.0 Å². The van der Waals surface area contributed by atoms with E-state index in [0.717, 1.165) is 0 Å². The molecule has 1 aliphatic heterocycles. The summed E-state index contributed by atoms with van der Waals surface area (Å²) < 4.78 is 46.7. The van der Waals surface area contributed by atoms with E-state index in [1.807, 2.05) is 0 Å². The fourth-order valence-electron chi connectivity index (χ4n) is 3.01. The molecule has 3 rings (SSSR count). The van der Waals surface area contributed by atoms with Crippen LogP contribution >= 0.6 is 0 Å². The summed E-state index contributed by atoms with van der Waals surface area (Å²) in [5.74, 6) is -1.93. The molecule has 0 N–H and O–H groups in total. The lowest BCUT2D eigenvalue weighted by Gasteiger charge is -2.35. The first-order valence-corrected chi connectivity index (χ1v) is 6.84. The lowest BCUT2D eigenvalue weighted by molar-refractivity contribution is -0.269. The molecule has 0 spiro atoms. The van der Waals surface area contributed by atoms with Crippen molar-refractivity contribution in [3.8, 4) is 0 Å². The van der Waals surface area contributed by atoms with E-state index in [4.69, 9.17) is 4.74 Å². The molecule has 1 saturated heterocycles. The number of esters is 1. The van der Waals surface area contributed by atoms with Crippen molar-refractivity contribution < 1.29 is 22.7 Å². The Bertz CT molecular complexity index is 667. The van der Waals surface area contributed by atoms with Crippen LogP contribution in [0, 0.1) is 0 Å². The smallest absolute Gasteiger partial charge is 0.433 e. The quantitative estimate of drug-likeness (QED) is 0.778. The Kier molecular flexibility index (Phi) is 3.43. The van der Waals surface area contributed by atoms with Crippen molar-refractivity contribution in [3.05, 3.63) is 71.8 Å². The number of carbonyl (C=O) groups is 1. The maximum Gasteiger partial charge on any atom is 0.433 e. The largest absolute Gasteiger partial charge is 0.444 e. The Morgan fingerprint density at radius 1 is 0.955 bits per heavy atom. The molecule has 22 heavy (non-hydrogen) atoms. The van der Waals surface area contributed by atoms with Crippen molar-refractivity contribution in [2.75, 3.05) is 0 Å². The van der Waals surface area contributed by atoms with E-state index in [2.05, 4.69) is 0 Å². The number of benzene rings is 2. The average molecular weight is 306 g/mol. The summed E-state index contributed by atoms with van der Waals surface area (Å²) in [6.45, 7) is 0. The molecule has 0 aromatic heterocycles. The highest BCUT2D eigenvalue weighted by Crippen LogP contribution is 2.56. The van der Waals surface area contributed by atoms with E-state index in [0.29, 0.717) is 5.56 Å². The molecule has 1 heterocycles. The lowest BCUT2D eigenvalue weighted by atomic mass is 9.77. The van der Waals surface area contributed by atoms with Gasteiger partial charge in [-0.25, -0.2) is 0 Å². The second-order valence-electron chi connectivity index (χ2n) is 5.24. The fourth-order valence-corrected chi connectivity index (χ4v) is 3.01. The Hall–Kier alpha value is -2.30. The van der Waals surface area contributed by atoms with Crippen molar-refractivity contribution in [2.45, 2.75) is 24.1 Å². The monoisotopic (exact) mass is 306 g/mol. The Morgan fingerprint density at radius 2 is 1.50 bits per heavy atom. The molecule has 0 amide bonds. The maximum absolute atomic E-state index is 13.9. The standard InChI is InChI=1S/C17H13F3O2/c18-17(19,20)16(13-9-5-2-6-10-13)14(11-15(21)22-16)12-7-3-1-4-8-12/h1-10,14H,11H2/t14?,16-/m0/s1. The van der Waals surface area contributed by atoms with Crippen molar-refractivity contribution in [1.29, 1.82) is 0 Å². The third-order valence-corrected chi connectivity index (χ3v) is 3.96. The van der Waals surface area contributed by atoms with Gasteiger partial charge < -0.3 is 4.74 Å². The highest BCUT2D eigenvalue weighted by molar-refractivity contribution is 5.75. The molecule has 2 aromatic rings. The van der Waals surface area contributed by atoms with Gasteiger partial charge in [0.2, 0.25) is 5.60 Å². The van der Waals surface area contributed by atoms with Gasteiger partial charge in [0.05, 0.1) is 6.42 Å². The normalized spacial score (nSPS) is 25.0. The molecule has 0 saturated carbocycles. The molecule has 114 valence electrons. The number of halogens is 3. The van der Waals surface area contributed by atoms with Gasteiger partial charge in [0.25, 0.3) is 0 Å². The fraction of sp³-hybridized carbons (Fsp3) is 0.235. The first-order valence-electron chi connectivity index (χ1n) is 6.84. The Morgan fingerprint density at radius 3 is 2.05 bits per heavy atom. The van der Waals surface area contributed by atoms with Crippen LogP contribution in [0.1, 0.15) is 23.5 Å². The van der Waals surface area contributed by atoms with E-state index >= 15 is 0 Å². The first-order chi connectivity index (χ1) is 10.4. The average Bonchev–Trinajstić information content (AvgIpc) is 2.88. The molecule has 1 aliphatic rings. The van der Waals surface area contributed by atoms with Crippen LogP contribution in [0.25, 0.3) is 0 Å². The van der Waals surface area contributed by atoms with Crippen molar-refractivity contribution in [1.82, 2.24) is 0 Å². The summed E-state index contributed by atoms with van der Waals surface area (Å²) in [5, 5.41) is 0. The number of cyclic esters (lactones) is 1. The molecule has 0 radical (unpaired) electrons. The summed E-state index contributed by atoms with van der Waals surface area (Å²) in [6, 6.07) is 15.6. The van der Waals surface area contributed by atoms with Gasteiger partial charge in [-0.2, -0.15) is 13.2 Å². The van der Waals surface area contributed by atoms with Gasteiger partial charge in [-0.05, 0) is 5.56 Å². The van der Waals surface area contributed by atoms with Gasteiger partial charge in [-0.3, -0.25) is 4.79 Å². The van der Waals surface area contributed by atoms with Crippen LogP contribution in [0.4, 0.5) is 13.2 Å². The zero-order valence-electron chi connectivity index (χ0n) is 11.5. The molecule has 2 nitrogen and oxygen atoms in total. The van der Waals surface area contributed by atoms with Gasteiger partial charge >= 0.3 is 12.1 Å². The number of rotatable bonds is 2. The third-order valence-electron chi connectivity index (χ3n) is 3.96. The zero-order chi connectivity index (χ0) is 15.8. The highest BCUT2D eigenvalue weighted by atomic mass is 19.4. The summed E-state index contributed by atoms with van der Waals surface area (Å²) in [6.07, 6.45) is -5.00.